The molecule has 0 bridgehead atoms. The molecule has 2 N–H and O–H groups in total. The predicted molar refractivity (Wildman–Crippen MR) is 92.6 cm³/mol. The fourth-order valence-corrected chi connectivity index (χ4v) is 2.05. The van der Waals surface area contributed by atoms with Crippen molar-refractivity contribution in [3.05, 3.63) is 53.2 Å². The van der Waals surface area contributed by atoms with Gasteiger partial charge in [-0.25, -0.2) is 9.78 Å². The van der Waals surface area contributed by atoms with Gasteiger partial charge in [0.25, 0.3) is 0 Å². The van der Waals surface area contributed by atoms with Gasteiger partial charge in [-0.3, -0.25) is 0 Å². The molecule has 0 fully saturated rings. The first-order valence-electron chi connectivity index (χ1n) is 7.65. The van der Waals surface area contributed by atoms with Crippen LogP contribution in [0.1, 0.15) is 12.5 Å². The highest BCUT2D eigenvalue weighted by Gasteiger charge is 2.06. The lowest BCUT2D eigenvalue weighted by molar-refractivity contribution is 0.236. The number of nitrogens with zero attached hydrogens (tertiary/aromatic N) is 1. The van der Waals surface area contributed by atoms with Crippen molar-refractivity contribution in [2.45, 2.75) is 13.5 Å². The molecule has 24 heavy (non-hydrogen) atoms. The molecule has 2 rings (SSSR count). The maximum absolute atomic E-state index is 11.8. The Balaban J connectivity index is 1.67. The van der Waals surface area contributed by atoms with E-state index >= 15 is 0 Å². The zero-order valence-electron chi connectivity index (χ0n) is 13.4. The lowest BCUT2D eigenvalue weighted by atomic mass is 10.2. The van der Waals surface area contributed by atoms with Gasteiger partial charge in [0.15, 0.2) is 0 Å². The summed E-state index contributed by atoms with van der Waals surface area (Å²) < 4.78 is 10.9. The minimum Gasteiger partial charge on any atom is -0.492 e. The summed E-state index contributed by atoms with van der Waals surface area (Å²) in [6, 6.07) is 10.4. The molecular weight excluding hydrogens is 330 g/mol. The Hall–Kier alpha value is -2.47. The largest absolute Gasteiger partial charge is 0.492 e. The average molecular weight is 350 g/mol. The van der Waals surface area contributed by atoms with Crippen LogP contribution in [-0.4, -0.2) is 30.8 Å². The van der Waals surface area contributed by atoms with E-state index in [0.29, 0.717) is 43.0 Å². The Kier molecular flexibility index (Phi) is 7.17. The molecule has 0 atom stereocenters. The molecule has 7 heteroatoms. The number of urea groups is 1. The van der Waals surface area contributed by atoms with Gasteiger partial charge in [-0.15, -0.1) is 0 Å². The van der Waals surface area contributed by atoms with Gasteiger partial charge in [0.1, 0.15) is 12.4 Å². The first-order chi connectivity index (χ1) is 11.7. The second-order valence-electron chi connectivity index (χ2n) is 4.81. The van der Waals surface area contributed by atoms with Crippen LogP contribution < -0.4 is 20.1 Å². The van der Waals surface area contributed by atoms with E-state index in [1.54, 1.807) is 36.5 Å². The first-order valence-corrected chi connectivity index (χ1v) is 8.03. The molecule has 0 aliphatic carbocycles. The molecule has 2 amide bonds. The third kappa shape index (κ3) is 5.96. The van der Waals surface area contributed by atoms with E-state index in [2.05, 4.69) is 15.6 Å². The third-order valence-electron chi connectivity index (χ3n) is 3.04. The highest BCUT2D eigenvalue weighted by molar-refractivity contribution is 6.30. The summed E-state index contributed by atoms with van der Waals surface area (Å²) >= 11 is 5.80. The number of carbonyl (C=O) groups excluding carboxylic acids is 1. The SMILES string of the molecule is CCOc1ncccc1CNC(=O)NCCOc1ccc(Cl)cc1. The second-order valence-corrected chi connectivity index (χ2v) is 5.25. The van der Waals surface area contributed by atoms with Gasteiger partial charge in [0.05, 0.1) is 13.2 Å². The van der Waals surface area contributed by atoms with Crippen molar-refractivity contribution in [1.29, 1.82) is 0 Å². The molecule has 6 nitrogen and oxygen atoms in total. The third-order valence-corrected chi connectivity index (χ3v) is 3.29. The number of nitrogens with one attached hydrogen (secondary N) is 2. The van der Waals surface area contributed by atoms with Crippen LogP contribution in [-0.2, 0) is 6.54 Å². The number of benzene rings is 1. The fraction of sp³-hybridized carbons (Fsp3) is 0.294. The monoisotopic (exact) mass is 349 g/mol. The Bertz CT molecular complexity index is 650. The maximum atomic E-state index is 11.8. The number of hydrogen-bond donors (Lipinski definition) is 2. The molecular formula is C17H20ClN3O3. The van der Waals surface area contributed by atoms with Crippen molar-refractivity contribution < 1.29 is 14.3 Å². The minimum atomic E-state index is -0.277. The molecule has 0 spiro atoms. The number of aromatic nitrogens is 1. The van der Waals surface area contributed by atoms with Crippen LogP contribution in [0.3, 0.4) is 0 Å². The molecule has 0 radical (unpaired) electrons. The van der Waals surface area contributed by atoms with Gasteiger partial charge >= 0.3 is 6.03 Å². The lowest BCUT2D eigenvalue weighted by Gasteiger charge is -2.11. The number of ether oxygens (including phenoxy) is 2. The van der Waals surface area contributed by atoms with Crippen LogP contribution in [0.2, 0.25) is 5.02 Å². The highest BCUT2D eigenvalue weighted by Crippen LogP contribution is 2.15. The Morgan fingerprint density at radius 2 is 1.96 bits per heavy atom. The summed E-state index contributed by atoms with van der Waals surface area (Å²) in [7, 11) is 0. The zero-order chi connectivity index (χ0) is 17.2. The fourth-order valence-electron chi connectivity index (χ4n) is 1.93. The Morgan fingerprint density at radius 1 is 1.17 bits per heavy atom. The molecule has 0 saturated carbocycles. The first kappa shape index (κ1) is 17.9. The molecule has 0 aliphatic heterocycles. The van der Waals surface area contributed by atoms with Crippen LogP contribution >= 0.6 is 11.6 Å². The second kappa shape index (κ2) is 9.62. The summed E-state index contributed by atoms with van der Waals surface area (Å²) in [5, 5.41) is 6.14. The van der Waals surface area contributed by atoms with Crippen LogP contribution in [0.15, 0.2) is 42.6 Å². The topological polar surface area (TPSA) is 72.5 Å². The minimum absolute atomic E-state index is 0.277. The van der Waals surface area contributed by atoms with Gasteiger partial charge in [-0.05, 0) is 37.3 Å². The van der Waals surface area contributed by atoms with Crippen LogP contribution in [0, 0.1) is 0 Å². The van der Waals surface area contributed by atoms with Crippen molar-refractivity contribution in [1.82, 2.24) is 15.6 Å². The Morgan fingerprint density at radius 3 is 2.71 bits per heavy atom. The summed E-state index contributed by atoms with van der Waals surface area (Å²) in [4.78, 5) is 15.9. The van der Waals surface area contributed by atoms with Crippen molar-refractivity contribution in [3.8, 4) is 11.6 Å². The van der Waals surface area contributed by atoms with Crippen molar-refractivity contribution >= 4 is 17.6 Å². The van der Waals surface area contributed by atoms with Gasteiger partial charge in [-0.2, -0.15) is 0 Å². The van der Waals surface area contributed by atoms with Gasteiger partial charge in [0.2, 0.25) is 5.88 Å². The van der Waals surface area contributed by atoms with Gasteiger partial charge < -0.3 is 20.1 Å². The number of amides is 2. The normalized spacial score (nSPS) is 10.1. The van der Waals surface area contributed by atoms with E-state index in [4.69, 9.17) is 21.1 Å². The molecule has 0 saturated heterocycles. The number of carbonyl (C=O) groups is 1. The number of halogens is 1. The number of pyridine rings is 1. The van der Waals surface area contributed by atoms with Crippen LogP contribution in [0.25, 0.3) is 0 Å². The predicted octanol–water partition coefficient (Wildman–Crippen LogP) is 3.01. The number of rotatable bonds is 8. The van der Waals surface area contributed by atoms with Crippen LogP contribution in [0.5, 0.6) is 11.6 Å². The molecule has 1 aromatic heterocycles. The molecule has 1 heterocycles. The molecule has 128 valence electrons. The van der Waals surface area contributed by atoms with E-state index in [0.717, 1.165) is 5.56 Å². The van der Waals surface area contributed by atoms with E-state index in [9.17, 15) is 4.79 Å². The van der Waals surface area contributed by atoms with E-state index in [1.807, 2.05) is 13.0 Å². The highest BCUT2D eigenvalue weighted by atomic mass is 35.5. The van der Waals surface area contributed by atoms with Crippen molar-refractivity contribution in [2.75, 3.05) is 19.8 Å². The zero-order valence-corrected chi connectivity index (χ0v) is 14.2. The summed E-state index contributed by atoms with van der Waals surface area (Å²) in [6.07, 6.45) is 1.66. The Labute approximate surface area is 146 Å². The molecule has 1 aromatic carbocycles. The van der Waals surface area contributed by atoms with Crippen LogP contribution in [0.4, 0.5) is 4.79 Å². The van der Waals surface area contributed by atoms with Crippen molar-refractivity contribution in [2.24, 2.45) is 0 Å². The smallest absolute Gasteiger partial charge is 0.315 e. The maximum Gasteiger partial charge on any atom is 0.315 e. The average Bonchev–Trinajstić information content (AvgIpc) is 2.60. The van der Waals surface area contributed by atoms with E-state index < -0.39 is 0 Å². The summed E-state index contributed by atoms with van der Waals surface area (Å²) in [6.45, 7) is 3.51. The quantitative estimate of drug-likeness (QED) is 0.718. The van der Waals surface area contributed by atoms with Gasteiger partial charge in [0, 0.05) is 23.3 Å². The molecule has 2 aromatic rings. The number of hydrogen-bond acceptors (Lipinski definition) is 4. The molecule has 0 aliphatic rings. The van der Waals surface area contributed by atoms with E-state index in [1.165, 1.54) is 0 Å². The lowest BCUT2D eigenvalue weighted by Crippen LogP contribution is -2.37. The van der Waals surface area contributed by atoms with Gasteiger partial charge in [-0.1, -0.05) is 17.7 Å². The molecule has 0 unspecified atom stereocenters. The summed E-state index contributed by atoms with van der Waals surface area (Å²) in [5.41, 5.74) is 0.826. The van der Waals surface area contributed by atoms with Crippen molar-refractivity contribution in [3.63, 3.8) is 0 Å². The standard InChI is InChI=1S/C17H20ClN3O3/c1-2-23-16-13(4-3-9-19-16)12-21-17(22)20-10-11-24-15-7-5-14(18)6-8-15/h3-9H,2,10-12H2,1H3,(H2,20,21,22). The van der Waals surface area contributed by atoms with E-state index in [-0.39, 0.29) is 6.03 Å². The summed E-state index contributed by atoms with van der Waals surface area (Å²) in [5.74, 6) is 1.24.